The minimum absolute atomic E-state index is 0.0183. The summed E-state index contributed by atoms with van der Waals surface area (Å²) in [4.78, 5) is 16.8. The van der Waals surface area contributed by atoms with Gasteiger partial charge in [0.2, 0.25) is 0 Å². The fourth-order valence-corrected chi connectivity index (χ4v) is 6.07. The van der Waals surface area contributed by atoms with Gasteiger partial charge in [0, 0.05) is 33.0 Å². The van der Waals surface area contributed by atoms with Crippen molar-refractivity contribution in [3.63, 3.8) is 0 Å². The summed E-state index contributed by atoms with van der Waals surface area (Å²) in [5.74, 6) is -2.64. The number of nitrogens with one attached hydrogen (secondary N) is 1. The second kappa shape index (κ2) is 12.6. The molecule has 3 aromatic carbocycles. The van der Waals surface area contributed by atoms with Gasteiger partial charge in [0.15, 0.2) is 5.16 Å². The number of hydrogen-bond donors (Lipinski definition) is 2. The van der Waals surface area contributed by atoms with E-state index in [2.05, 4.69) is 4.98 Å². The SMILES string of the molecule is COc1cc(C(C)(C)c2cnc(SCc3c(F)cc(C(=O)NCS(=O)(=O)O)cc3Cl)n2-c2ccc(F)cc2)ccc1Cl. The first-order valence-corrected chi connectivity index (χ1v) is 15.6. The number of carbonyl (C=O) groups excluding carboxylic acids is 1. The highest BCUT2D eigenvalue weighted by atomic mass is 35.5. The van der Waals surface area contributed by atoms with Crippen molar-refractivity contribution in [3.8, 4) is 11.4 Å². The topological polar surface area (TPSA) is 111 Å². The van der Waals surface area contributed by atoms with Crippen molar-refractivity contribution in [3.05, 3.63) is 105 Å². The van der Waals surface area contributed by atoms with E-state index in [4.69, 9.17) is 32.5 Å². The third-order valence-electron chi connectivity index (χ3n) is 6.49. The second-order valence-corrected chi connectivity index (χ2v) is 12.9. The van der Waals surface area contributed by atoms with Crippen LogP contribution in [-0.2, 0) is 21.3 Å². The largest absolute Gasteiger partial charge is 0.495 e. The summed E-state index contributed by atoms with van der Waals surface area (Å²) in [5.41, 5.74) is 1.48. The number of amides is 1. The maximum atomic E-state index is 15.1. The van der Waals surface area contributed by atoms with Crippen LogP contribution in [0.1, 0.15) is 41.0 Å². The van der Waals surface area contributed by atoms with E-state index in [0.29, 0.717) is 21.6 Å². The van der Waals surface area contributed by atoms with Gasteiger partial charge in [-0.1, -0.05) is 54.9 Å². The summed E-state index contributed by atoms with van der Waals surface area (Å²) in [5, 5.41) is 2.84. The Morgan fingerprint density at radius 1 is 1.10 bits per heavy atom. The summed E-state index contributed by atoms with van der Waals surface area (Å²) in [6, 6.07) is 13.5. The van der Waals surface area contributed by atoms with E-state index in [1.165, 1.54) is 37.1 Å². The van der Waals surface area contributed by atoms with E-state index in [-0.39, 0.29) is 21.9 Å². The minimum Gasteiger partial charge on any atom is -0.495 e. The number of carbonyl (C=O) groups is 1. The number of imidazole rings is 1. The van der Waals surface area contributed by atoms with Crippen LogP contribution in [0, 0.1) is 11.6 Å². The lowest BCUT2D eigenvalue weighted by atomic mass is 9.81. The third kappa shape index (κ3) is 7.07. The van der Waals surface area contributed by atoms with E-state index in [1.807, 2.05) is 35.9 Å². The number of ether oxygens (including phenoxy) is 1. The van der Waals surface area contributed by atoms with Crippen molar-refractivity contribution in [2.75, 3.05) is 13.0 Å². The van der Waals surface area contributed by atoms with E-state index in [9.17, 15) is 17.6 Å². The first kappa shape index (κ1) is 31.8. The average Bonchev–Trinajstić information content (AvgIpc) is 3.36. The molecule has 2 N–H and O–H groups in total. The zero-order chi connectivity index (χ0) is 30.8. The molecule has 0 atom stereocenters. The molecule has 0 aliphatic heterocycles. The molecule has 14 heteroatoms. The third-order valence-corrected chi connectivity index (χ3v) is 8.63. The van der Waals surface area contributed by atoms with Crippen molar-refractivity contribution < 1.29 is 31.3 Å². The van der Waals surface area contributed by atoms with Crippen LogP contribution in [0.3, 0.4) is 0 Å². The summed E-state index contributed by atoms with van der Waals surface area (Å²) in [6.07, 6.45) is 1.69. The molecule has 0 fully saturated rings. The van der Waals surface area contributed by atoms with Gasteiger partial charge in [-0.05, 0) is 54.1 Å². The Bertz CT molecular complexity index is 1720. The van der Waals surface area contributed by atoms with E-state index in [0.717, 1.165) is 17.3 Å². The van der Waals surface area contributed by atoms with Gasteiger partial charge in [-0.3, -0.25) is 13.9 Å². The summed E-state index contributed by atoms with van der Waals surface area (Å²) >= 11 is 13.7. The quantitative estimate of drug-likeness (QED) is 0.145. The number of benzene rings is 3. The van der Waals surface area contributed by atoms with Gasteiger partial charge in [-0.15, -0.1) is 0 Å². The Kier molecular flexibility index (Phi) is 9.53. The predicted octanol–water partition coefficient (Wildman–Crippen LogP) is 6.66. The molecule has 4 aromatic rings. The van der Waals surface area contributed by atoms with Crippen LogP contribution < -0.4 is 10.1 Å². The monoisotopic (exact) mass is 655 g/mol. The number of halogens is 4. The maximum absolute atomic E-state index is 15.1. The van der Waals surface area contributed by atoms with E-state index < -0.39 is 39.0 Å². The number of nitrogens with zero attached hydrogens (tertiary/aromatic N) is 2. The summed E-state index contributed by atoms with van der Waals surface area (Å²) < 4.78 is 66.8. The van der Waals surface area contributed by atoms with E-state index in [1.54, 1.807) is 24.4 Å². The fourth-order valence-electron chi connectivity index (χ4n) is 4.18. The molecule has 4 rings (SSSR count). The number of aromatic nitrogens is 2. The Labute approximate surface area is 255 Å². The highest BCUT2D eigenvalue weighted by Crippen LogP contribution is 2.39. The number of hydrogen-bond acceptors (Lipinski definition) is 6. The normalized spacial score (nSPS) is 11.9. The molecule has 42 heavy (non-hydrogen) atoms. The minimum atomic E-state index is -4.46. The van der Waals surface area contributed by atoms with Crippen LogP contribution in [0.25, 0.3) is 5.69 Å². The lowest BCUT2D eigenvalue weighted by molar-refractivity contribution is 0.0958. The van der Waals surface area contributed by atoms with Crippen molar-refractivity contribution in [1.82, 2.24) is 14.9 Å². The van der Waals surface area contributed by atoms with Gasteiger partial charge in [0.1, 0.15) is 23.3 Å². The molecule has 0 unspecified atom stereocenters. The van der Waals surface area contributed by atoms with Crippen LogP contribution in [0.4, 0.5) is 8.78 Å². The molecule has 1 amide bonds. The molecule has 222 valence electrons. The fraction of sp³-hybridized carbons (Fsp3) is 0.214. The summed E-state index contributed by atoms with van der Waals surface area (Å²) in [7, 11) is -2.93. The maximum Gasteiger partial charge on any atom is 0.283 e. The predicted molar refractivity (Wildman–Crippen MR) is 159 cm³/mol. The Hall–Kier alpha value is -3.16. The van der Waals surface area contributed by atoms with Gasteiger partial charge in [-0.2, -0.15) is 8.42 Å². The smallest absolute Gasteiger partial charge is 0.283 e. The molecular formula is C28H25Cl2F2N3O5S2. The molecule has 8 nitrogen and oxygen atoms in total. The van der Waals surface area contributed by atoms with Gasteiger partial charge < -0.3 is 10.1 Å². The molecule has 1 heterocycles. The molecule has 0 aliphatic rings. The lowest BCUT2D eigenvalue weighted by Crippen LogP contribution is -2.29. The Balaban J connectivity index is 1.69. The van der Waals surface area contributed by atoms with Crippen LogP contribution in [-0.4, -0.2) is 41.4 Å². The molecule has 0 radical (unpaired) electrons. The Morgan fingerprint density at radius 2 is 1.79 bits per heavy atom. The Morgan fingerprint density at radius 3 is 2.40 bits per heavy atom. The molecule has 1 aromatic heterocycles. The molecule has 0 saturated heterocycles. The number of thioether (sulfide) groups is 1. The van der Waals surface area contributed by atoms with Crippen molar-refractivity contribution in [2.24, 2.45) is 0 Å². The van der Waals surface area contributed by atoms with Crippen LogP contribution in [0.15, 0.2) is 66.0 Å². The number of methoxy groups -OCH3 is 1. The molecule has 0 aliphatic carbocycles. The first-order chi connectivity index (χ1) is 19.7. The zero-order valence-electron chi connectivity index (χ0n) is 22.5. The van der Waals surface area contributed by atoms with Gasteiger partial charge >= 0.3 is 0 Å². The van der Waals surface area contributed by atoms with Crippen LogP contribution >= 0.6 is 35.0 Å². The van der Waals surface area contributed by atoms with Gasteiger partial charge in [0.25, 0.3) is 16.0 Å². The number of rotatable bonds is 10. The van der Waals surface area contributed by atoms with Crippen LogP contribution in [0.2, 0.25) is 10.0 Å². The highest BCUT2D eigenvalue weighted by Gasteiger charge is 2.30. The molecule has 0 bridgehead atoms. The average molecular weight is 657 g/mol. The van der Waals surface area contributed by atoms with Crippen molar-refractivity contribution >= 4 is 51.0 Å². The zero-order valence-corrected chi connectivity index (χ0v) is 25.6. The molecule has 0 saturated carbocycles. The molecular weight excluding hydrogens is 631 g/mol. The summed E-state index contributed by atoms with van der Waals surface area (Å²) in [6.45, 7) is 3.98. The van der Waals surface area contributed by atoms with Crippen molar-refractivity contribution in [1.29, 1.82) is 0 Å². The van der Waals surface area contributed by atoms with Gasteiger partial charge in [0.05, 0.1) is 24.0 Å². The first-order valence-electron chi connectivity index (χ1n) is 12.2. The van der Waals surface area contributed by atoms with Crippen molar-refractivity contribution in [2.45, 2.75) is 30.2 Å². The highest BCUT2D eigenvalue weighted by molar-refractivity contribution is 7.98. The standard InChI is InChI=1S/C28H25Cl2F2N3O5S2/c1-28(2,17-4-9-21(29)24(12-17)40-3)25-13-33-27(35(25)19-7-5-18(31)6-8-19)41-14-20-22(30)10-16(11-23(20)32)26(36)34-15-42(37,38)39/h4-13H,14-15H2,1-3H3,(H,34,36)(H,37,38,39). The lowest BCUT2D eigenvalue weighted by Gasteiger charge is -2.28. The van der Waals surface area contributed by atoms with Gasteiger partial charge in [-0.25, -0.2) is 13.8 Å². The second-order valence-electron chi connectivity index (χ2n) is 9.65. The van der Waals surface area contributed by atoms with Crippen LogP contribution in [0.5, 0.6) is 5.75 Å². The molecule has 0 spiro atoms. The van der Waals surface area contributed by atoms with E-state index >= 15 is 4.39 Å².